The molecule has 3 aromatic rings. The van der Waals surface area contributed by atoms with E-state index in [0.717, 1.165) is 67.1 Å². The summed E-state index contributed by atoms with van der Waals surface area (Å²) in [7, 11) is -2.23. The van der Waals surface area contributed by atoms with E-state index in [-0.39, 0.29) is 0 Å². The number of anilines is 1. The average Bonchev–Trinajstić information content (AvgIpc) is 3.17. The van der Waals surface area contributed by atoms with Gasteiger partial charge in [-0.05, 0) is 52.7 Å². The molecule has 1 saturated heterocycles. The van der Waals surface area contributed by atoms with Crippen LogP contribution in [0.3, 0.4) is 0 Å². The molecule has 2 heterocycles. The van der Waals surface area contributed by atoms with Crippen LogP contribution in [-0.4, -0.2) is 57.3 Å². The van der Waals surface area contributed by atoms with Crippen molar-refractivity contribution in [3.8, 4) is 17.3 Å². The monoisotopic (exact) mass is 465 g/mol. The van der Waals surface area contributed by atoms with E-state index in [1.54, 1.807) is 12.1 Å². The van der Waals surface area contributed by atoms with Crippen molar-refractivity contribution in [3.05, 3.63) is 59.1 Å². The number of nitrogens with one attached hydrogen (secondary N) is 1. The number of aromatic nitrogens is 1. The van der Waals surface area contributed by atoms with Crippen molar-refractivity contribution in [1.29, 1.82) is 5.26 Å². The summed E-state index contributed by atoms with van der Waals surface area (Å²) in [6.45, 7) is 5.46. The highest BCUT2D eigenvalue weighted by molar-refractivity contribution is 7.93. The summed E-state index contributed by atoms with van der Waals surface area (Å²) in [5.41, 5.74) is 3.56. The minimum absolute atomic E-state index is 0.470. The maximum Gasteiger partial charge on any atom is 0.248 e. The molecule has 0 spiro atoms. The summed E-state index contributed by atoms with van der Waals surface area (Å²) in [5, 5.41) is 19.9. The van der Waals surface area contributed by atoms with Gasteiger partial charge in [0.15, 0.2) is 4.91 Å². The second-order valence-corrected chi connectivity index (χ2v) is 9.56. The molecule has 0 atom stereocenters. The lowest BCUT2D eigenvalue weighted by Crippen LogP contribution is -2.38. The third kappa shape index (κ3) is 5.43. The molecule has 1 aliphatic heterocycles. The third-order valence-corrected chi connectivity index (χ3v) is 6.68. The fourth-order valence-corrected chi connectivity index (χ4v) is 4.38. The van der Waals surface area contributed by atoms with Gasteiger partial charge in [-0.2, -0.15) is 5.26 Å². The van der Waals surface area contributed by atoms with E-state index in [4.69, 9.17) is 15.1 Å². The van der Waals surface area contributed by atoms with Crippen LogP contribution in [0.5, 0.6) is 0 Å². The summed E-state index contributed by atoms with van der Waals surface area (Å²) in [6.07, 6.45) is 1.29. The number of nitrogens with zero attached hydrogens (tertiary/aromatic N) is 3. The van der Waals surface area contributed by atoms with Crippen LogP contribution in [0.4, 0.5) is 5.69 Å². The Morgan fingerprint density at radius 2 is 1.88 bits per heavy atom. The molecule has 33 heavy (non-hydrogen) atoms. The van der Waals surface area contributed by atoms with Gasteiger partial charge in [0.05, 0.1) is 13.2 Å². The number of sulfonamides is 1. The molecule has 1 aromatic heterocycles. The molecule has 9 heteroatoms. The van der Waals surface area contributed by atoms with Crippen molar-refractivity contribution in [2.24, 2.45) is 12.2 Å². The van der Waals surface area contributed by atoms with E-state index in [1.165, 1.54) is 6.08 Å². The molecular formula is C24H27N5O3S. The molecule has 0 unspecified atom stereocenters. The number of primary sulfonamides is 1. The van der Waals surface area contributed by atoms with Crippen LogP contribution < -0.4 is 10.5 Å². The van der Waals surface area contributed by atoms with Gasteiger partial charge in [0.25, 0.3) is 0 Å². The second-order valence-electron chi connectivity index (χ2n) is 8.03. The molecule has 8 nitrogen and oxygen atoms in total. The lowest BCUT2D eigenvalue weighted by Gasteiger charge is -2.26. The van der Waals surface area contributed by atoms with Gasteiger partial charge in [0.2, 0.25) is 10.0 Å². The number of benzene rings is 2. The highest BCUT2D eigenvalue weighted by Crippen LogP contribution is 2.28. The van der Waals surface area contributed by atoms with Crippen LogP contribution in [0.1, 0.15) is 5.69 Å². The van der Waals surface area contributed by atoms with E-state index < -0.39 is 14.9 Å². The molecule has 0 amide bonds. The summed E-state index contributed by atoms with van der Waals surface area (Å²) in [5.74, 6) is 0. The topological polar surface area (TPSA) is 113 Å². The number of nitriles is 1. The summed E-state index contributed by atoms with van der Waals surface area (Å²) in [6, 6.07) is 17.8. The number of rotatable bonds is 7. The van der Waals surface area contributed by atoms with Gasteiger partial charge in [-0.3, -0.25) is 4.90 Å². The molecule has 1 aliphatic rings. The van der Waals surface area contributed by atoms with Crippen molar-refractivity contribution in [1.82, 2.24) is 9.47 Å². The first-order valence-electron chi connectivity index (χ1n) is 10.7. The zero-order chi connectivity index (χ0) is 23.4. The number of allylic oxidation sites excluding steroid dienone is 1. The lowest BCUT2D eigenvalue weighted by molar-refractivity contribution is 0.0398. The smallest absolute Gasteiger partial charge is 0.248 e. The van der Waals surface area contributed by atoms with Crippen molar-refractivity contribution >= 4 is 32.6 Å². The van der Waals surface area contributed by atoms with E-state index >= 15 is 0 Å². The molecule has 172 valence electrons. The summed E-state index contributed by atoms with van der Waals surface area (Å²) in [4.78, 5) is 1.93. The molecule has 0 saturated carbocycles. The third-order valence-electron chi connectivity index (χ3n) is 5.85. The van der Waals surface area contributed by atoms with Gasteiger partial charge in [-0.1, -0.05) is 18.2 Å². The largest absolute Gasteiger partial charge is 0.384 e. The van der Waals surface area contributed by atoms with Crippen LogP contribution in [0.25, 0.3) is 28.1 Å². The Kier molecular flexibility index (Phi) is 6.81. The lowest BCUT2D eigenvalue weighted by atomic mass is 10.0. The maximum absolute atomic E-state index is 11.5. The zero-order valence-electron chi connectivity index (χ0n) is 18.5. The van der Waals surface area contributed by atoms with Crippen molar-refractivity contribution in [2.75, 3.05) is 44.7 Å². The number of hydrogen-bond donors (Lipinski definition) is 2. The first-order valence-corrected chi connectivity index (χ1v) is 12.3. The van der Waals surface area contributed by atoms with Gasteiger partial charge in [-0.15, -0.1) is 0 Å². The Balaban J connectivity index is 1.51. The SMILES string of the molecule is Cn1c(C=C(C#N)S(N)(=O)=O)ccc1-c1ccc2cc(NCCN3CCOCC3)ccc2c1. The van der Waals surface area contributed by atoms with Crippen LogP contribution in [-0.2, 0) is 21.8 Å². The van der Waals surface area contributed by atoms with Crippen molar-refractivity contribution in [2.45, 2.75) is 0 Å². The minimum Gasteiger partial charge on any atom is -0.384 e. The Labute approximate surface area is 193 Å². The number of fused-ring (bicyclic) bond motifs is 1. The van der Waals surface area contributed by atoms with Crippen molar-refractivity contribution < 1.29 is 13.2 Å². The van der Waals surface area contributed by atoms with Gasteiger partial charge >= 0.3 is 0 Å². The standard InChI is InChI=1S/C24H27N5O3S/c1-28-22(16-23(17-25)33(26,30)31)6-7-24(28)20-3-2-19-15-21(5-4-18(19)14-20)27-8-9-29-10-12-32-13-11-29/h2-7,14-16,27H,8-13H2,1H3,(H2,26,30,31). The highest BCUT2D eigenvalue weighted by atomic mass is 32.2. The fraction of sp³-hybridized carbons (Fsp3) is 0.292. The van der Waals surface area contributed by atoms with E-state index in [2.05, 4.69) is 40.5 Å². The quantitative estimate of drug-likeness (QED) is 0.519. The fourth-order valence-electron chi connectivity index (χ4n) is 3.97. The molecule has 2 aromatic carbocycles. The average molecular weight is 466 g/mol. The number of nitrogens with two attached hydrogens (primary N) is 1. The maximum atomic E-state index is 11.5. The molecule has 0 radical (unpaired) electrons. The first-order chi connectivity index (χ1) is 15.8. The van der Waals surface area contributed by atoms with Gasteiger partial charge in [-0.25, -0.2) is 13.6 Å². The van der Waals surface area contributed by atoms with Gasteiger partial charge in [0.1, 0.15) is 6.07 Å². The molecule has 4 rings (SSSR count). The van der Waals surface area contributed by atoms with Crippen molar-refractivity contribution in [3.63, 3.8) is 0 Å². The Hall–Kier alpha value is -3.16. The molecule has 3 N–H and O–H groups in total. The van der Waals surface area contributed by atoms with Crippen LogP contribution >= 0.6 is 0 Å². The number of ether oxygens (including phenoxy) is 1. The predicted molar refractivity (Wildman–Crippen MR) is 131 cm³/mol. The van der Waals surface area contributed by atoms with E-state index in [9.17, 15) is 8.42 Å². The Morgan fingerprint density at radius 1 is 1.15 bits per heavy atom. The Morgan fingerprint density at radius 3 is 2.61 bits per heavy atom. The van der Waals surface area contributed by atoms with Crippen LogP contribution in [0, 0.1) is 11.3 Å². The zero-order valence-corrected chi connectivity index (χ0v) is 19.3. The van der Waals surface area contributed by atoms with Gasteiger partial charge < -0.3 is 14.6 Å². The van der Waals surface area contributed by atoms with Gasteiger partial charge in [0, 0.05) is 50.3 Å². The van der Waals surface area contributed by atoms with E-state index in [1.807, 2.05) is 23.7 Å². The highest BCUT2D eigenvalue weighted by Gasteiger charge is 2.14. The Bertz CT molecular complexity index is 1330. The second kappa shape index (κ2) is 9.77. The van der Waals surface area contributed by atoms with Crippen LogP contribution in [0.15, 0.2) is 53.4 Å². The minimum atomic E-state index is -4.06. The molecule has 1 fully saturated rings. The van der Waals surface area contributed by atoms with E-state index in [0.29, 0.717) is 5.69 Å². The summed E-state index contributed by atoms with van der Waals surface area (Å²) < 4.78 is 30.3. The van der Waals surface area contributed by atoms with Crippen LogP contribution in [0.2, 0.25) is 0 Å². The molecule has 0 bridgehead atoms. The number of morpholine rings is 1. The first kappa shape index (κ1) is 23.0. The molecular weight excluding hydrogens is 438 g/mol. The predicted octanol–water partition coefficient (Wildman–Crippen LogP) is 2.74. The molecule has 0 aliphatic carbocycles. The summed E-state index contributed by atoms with van der Waals surface area (Å²) >= 11 is 0. The number of hydrogen-bond acceptors (Lipinski definition) is 6. The normalized spacial score (nSPS) is 15.5.